The van der Waals surface area contributed by atoms with Gasteiger partial charge in [0.1, 0.15) is 0 Å². The number of hydrogen-bond donors (Lipinski definition) is 1. The number of carbonyl (C=O) groups excluding carboxylic acids is 1. The molecule has 1 aromatic rings. The highest BCUT2D eigenvalue weighted by Gasteiger charge is 2.26. The second kappa shape index (κ2) is 8.39. The number of benzene rings is 1. The lowest BCUT2D eigenvalue weighted by atomic mass is 9.85. The van der Waals surface area contributed by atoms with Gasteiger partial charge >= 0.3 is 0 Å². The van der Waals surface area contributed by atoms with Gasteiger partial charge in [0.15, 0.2) is 0 Å². The average molecular weight is 382 g/mol. The fraction of sp³-hybridized carbons (Fsp3) is 0.632. The lowest BCUT2D eigenvalue weighted by Crippen LogP contribution is -2.37. The molecule has 1 aromatic carbocycles. The SMILES string of the molecule is CC[C@H](C)N(Cc1cc(NC(=O)C2CCC2)ccc1N(C)C)S(C)(=O)=O. The zero-order chi connectivity index (χ0) is 19.5. The number of amides is 1. The summed E-state index contributed by atoms with van der Waals surface area (Å²) in [6.07, 6.45) is 5.00. The number of nitrogens with one attached hydrogen (secondary N) is 1. The van der Waals surface area contributed by atoms with E-state index < -0.39 is 10.0 Å². The third-order valence-electron chi connectivity index (χ3n) is 5.14. The maximum atomic E-state index is 12.3. The van der Waals surface area contributed by atoms with Gasteiger partial charge in [-0.15, -0.1) is 0 Å². The minimum absolute atomic E-state index is 0.0571. The van der Waals surface area contributed by atoms with Crippen LogP contribution in [0.5, 0.6) is 0 Å². The lowest BCUT2D eigenvalue weighted by Gasteiger charge is -2.29. The highest BCUT2D eigenvalue weighted by molar-refractivity contribution is 7.88. The summed E-state index contributed by atoms with van der Waals surface area (Å²) in [6.45, 7) is 4.18. The van der Waals surface area contributed by atoms with E-state index in [-0.39, 0.29) is 24.4 Å². The van der Waals surface area contributed by atoms with E-state index in [4.69, 9.17) is 0 Å². The Kier molecular flexibility index (Phi) is 6.69. The maximum Gasteiger partial charge on any atom is 0.227 e. The van der Waals surface area contributed by atoms with Gasteiger partial charge in [-0.2, -0.15) is 4.31 Å². The van der Waals surface area contributed by atoms with Crippen LogP contribution in [0.25, 0.3) is 0 Å². The highest BCUT2D eigenvalue weighted by Crippen LogP contribution is 2.30. The summed E-state index contributed by atoms with van der Waals surface area (Å²) in [4.78, 5) is 14.2. The van der Waals surface area contributed by atoms with Gasteiger partial charge in [-0.05, 0) is 49.9 Å². The van der Waals surface area contributed by atoms with Crippen LogP contribution in [-0.4, -0.2) is 45.0 Å². The highest BCUT2D eigenvalue weighted by atomic mass is 32.2. The molecule has 26 heavy (non-hydrogen) atoms. The molecule has 1 amide bonds. The second-order valence-corrected chi connectivity index (χ2v) is 9.36. The van der Waals surface area contributed by atoms with E-state index >= 15 is 0 Å². The van der Waals surface area contributed by atoms with Crippen molar-refractivity contribution in [3.63, 3.8) is 0 Å². The van der Waals surface area contributed by atoms with Gasteiger partial charge in [0, 0.05) is 44.0 Å². The summed E-state index contributed by atoms with van der Waals surface area (Å²) >= 11 is 0. The molecule has 0 unspecified atom stereocenters. The van der Waals surface area contributed by atoms with Crippen molar-refractivity contribution in [3.05, 3.63) is 23.8 Å². The Morgan fingerprint density at radius 3 is 2.42 bits per heavy atom. The van der Waals surface area contributed by atoms with Crippen LogP contribution >= 0.6 is 0 Å². The Morgan fingerprint density at radius 1 is 1.31 bits per heavy atom. The normalized spacial score (nSPS) is 16.2. The van der Waals surface area contributed by atoms with Gasteiger partial charge in [-0.25, -0.2) is 8.42 Å². The van der Waals surface area contributed by atoms with E-state index in [1.807, 2.05) is 51.0 Å². The molecule has 7 heteroatoms. The van der Waals surface area contributed by atoms with Crippen molar-refractivity contribution in [2.45, 2.75) is 52.1 Å². The Labute approximate surface area is 157 Å². The summed E-state index contributed by atoms with van der Waals surface area (Å²) in [6, 6.07) is 5.62. The lowest BCUT2D eigenvalue weighted by molar-refractivity contribution is -0.122. The average Bonchev–Trinajstić information content (AvgIpc) is 2.48. The molecule has 0 heterocycles. The first-order valence-corrected chi connectivity index (χ1v) is 11.1. The topological polar surface area (TPSA) is 69.7 Å². The summed E-state index contributed by atoms with van der Waals surface area (Å²) < 4.78 is 26.0. The van der Waals surface area contributed by atoms with Crippen LogP contribution in [0.3, 0.4) is 0 Å². The van der Waals surface area contributed by atoms with E-state index in [2.05, 4.69) is 5.32 Å². The second-order valence-electron chi connectivity index (χ2n) is 7.42. The monoisotopic (exact) mass is 381 g/mol. The first-order valence-electron chi connectivity index (χ1n) is 9.21. The van der Waals surface area contributed by atoms with Gasteiger partial charge in [0.05, 0.1) is 6.26 Å². The van der Waals surface area contributed by atoms with E-state index in [0.717, 1.165) is 42.6 Å². The molecule has 0 saturated heterocycles. The molecule has 1 saturated carbocycles. The minimum atomic E-state index is -3.33. The van der Waals surface area contributed by atoms with E-state index in [9.17, 15) is 13.2 Å². The number of sulfonamides is 1. The Morgan fingerprint density at radius 2 is 1.96 bits per heavy atom. The molecule has 1 N–H and O–H groups in total. The first-order chi connectivity index (χ1) is 12.1. The third-order valence-corrected chi connectivity index (χ3v) is 6.48. The molecule has 0 bridgehead atoms. The summed E-state index contributed by atoms with van der Waals surface area (Å²) in [7, 11) is 0.526. The molecule has 0 radical (unpaired) electrons. The summed E-state index contributed by atoms with van der Waals surface area (Å²) in [5.41, 5.74) is 2.55. The zero-order valence-corrected chi connectivity index (χ0v) is 17.3. The van der Waals surface area contributed by atoms with Gasteiger partial charge in [-0.3, -0.25) is 4.79 Å². The molecule has 1 atom stereocenters. The van der Waals surface area contributed by atoms with Crippen LogP contribution in [0, 0.1) is 5.92 Å². The van der Waals surface area contributed by atoms with Crippen LogP contribution in [0.15, 0.2) is 18.2 Å². The Balaban J connectivity index is 2.30. The first kappa shape index (κ1) is 20.7. The van der Waals surface area contributed by atoms with Crippen molar-refractivity contribution >= 4 is 27.3 Å². The van der Waals surface area contributed by atoms with Crippen molar-refractivity contribution in [1.82, 2.24) is 4.31 Å². The van der Waals surface area contributed by atoms with Crippen molar-refractivity contribution in [1.29, 1.82) is 0 Å². The van der Waals surface area contributed by atoms with Crippen molar-refractivity contribution < 1.29 is 13.2 Å². The van der Waals surface area contributed by atoms with Gasteiger partial charge in [-0.1, -0.05) is 13.3 Å². The van der Waals surface area contributed by atoms with Gasteiger partial charge in [0.2, 0.25) is 15.9 Å². The number of anilines is 2. The number of rotatable bonds is 8. The van der Waals surface area contributed by atoms with Crippen LogP contribution in [0.4, 0.5) is 11.4 Å². The molecule has 1 aliphatic rings. The summed E-state index contributed by atoms with van der Waals surface area (Å²) in [5, 5.41) is 2.98. The smallest absolute Gasteiger partial charge is 0.227 e. The fourth-order valence-electron chi connectivity index (χ4n) is 3.11. The predicted octanol–water partition coefficient (Wildman–Crippen LogP) is 3.05. The van der Waals surface area contributed by atoms with E-state index in [1.54, 1.807) is 0 Å². The van der Waals surface area contributed by atoms with Crippen LogP contribution in [-0.2, 0) is 21.4 Å². The molecule has 0 aliphatic heterocycles. The molecule has 0 aromatic heterocycles. The Bertz CT molecular complexity index is 742. The van der Waals surface area contributed by atoms with Crippen LogP contribution in [0.1, 0.15) is 45.1 Å². The molecular formula is C19H31N3O3S. The summed E-state index contributed by atoms with van der Waals surface area (Å²) in [5.74, 6) is 0.168. The molecule has 146 valence electrons. The van der Waals surface area contributed by atoms with Gasteiger partial charge < -0.3 is 10.2 Å². The molecule has 2 rings (SSSR count). The number of carbonyl (C=O) groups is 1. The predicted molar refractivity (Wildman–Crippen MR) is 107 cm³/mol. The maximum absolute atomic E-state index is 12.3. The number of hydrogen-bond acceptors (Lipinski definition) is 4. The Hall–Kier alpha value is -1.60. The fourth-order valence-corrected chi connectivity index (χ4v) is 4.29. The standard InChI is InChI=1S/C19H31N3O3S/c1-6-14(2)22(26(5,24)25)13-16-12-17(10-11-18(16)21(3)4)20-19(23)15-8-7-9-15/h10-12,14-15H,6-9,13H2,1-5H3,(H,20,23)/t14-/m0/s1. The van der Waals surface area contributed by atoms with Gasteiger partial charge in [0.25, 0.3) is 0 Å². The van der Waals surface area contributed by atoms with Crippen LogP contribution in [0.2, 0.25) is 0 Å². The van der Waals surface area contributed by atoms with Crippen LogP contribution < -0.4 is 10.2 Å². The number of nitrogens with zero attached hydrogens (tertiary/aromatic N) is 2. The molecule has 1 fully saturated rings. The third kappa shape index (κ3) is 4.98. The molecule has 0 spiro atoms. The quantitative estimate of drug-likeness (QED) is 0.751. The van der Waals surface area contributed by atoms with E-state index in [1.165, 1.54) is 10.6 Å². The minimum Gasteiger partial charge on any atom is -0.377 e. The zero-order valence-electron chi connectivity index (χ0n) is 16.4. The van der Waals surface area contributed by atoms with Crippen molar-refractivity contribution in [2.75, 3.05) is 30.6 Å². The van der Waals surface area contributed by atoms with Crippen molar-refractivity contribution in [2.24, 2.45) is 5.92 Å². The van der Waals surface area contributed by atoms with Crippen molar-refractivity contribution in [3.8, 4) is 0 Å². The largest absolute Gasteiger partial charge is 0.377 e. The van der Waals surface area contributed by atoms with E-state index in [0.29, 0.717) is 0 Å². The molecule has 6 nitrogen and oxygen atoms in total. The molecular weight excluding hydrogens is 350 g/mol. The molecule has 1 aliphatic carbocycles.